The Morgan fingerprint density at radius 3 is 2.41 bits per heavy atom. The smallest absolute Gasteiger partial charge is 0.408 e. The van der Waals surface area contributed by atoms with Crippen LogP contribution < -0.4 is 5.32 Å². The molecule has 1 aliphatic carbocycles. The van der Waals surface area contributed by atoms with Gasteiger partial charge in [-0.15, -0.1) is 12.3 Å². The molecule has 1 N–H and O–H groups in total. The van der Waals surface area contributed by atoms with Crippen molar-refractivity contribution < 1.29 is 19.1 Å². The number of ether oxygens (including phenoxy) is 2. The molecular weight excluding hydrogens is 222 g/mol. The molecule has 0 spiro atoms. The van der Waals surface area contributed by atoms with Crippen LogP contribution in [0, 0.1) is 18.3 Å². The van der Waals surface area contributed by atoms with Gasteiger partial charge in [0.15, 0.2) is 5.54 Å². The fraction of sp³-hybridized carbons (Fsp3) is 0.667. The van der Waals surface area contributed by atoms with Crippen LogP contribution in [0.2, 0.25) is 0 Å². The number of nitrogens with one attached hydrogen (secondary N) is 1. The summed E-state index contributed by atoms with van der Waals surface area (Å²) in [6.07, 6.45) is 4.97. The number of hydrogen-bond acceptors (Lipinski definition) is 4. The van der Waals surface area contributed by atoms with Crippen LogP contribution in [0.3, 0.4) is 0 Å². The van der Waals surface area contributed by atoms with E-state index in [-0.39, 0.29) is 5.92 Å². The van der Waals surface area contributed by atoms with Gasteiger partial charge in [-0.3, -0.25) is 0 Å². The number of rotatable bonds is 2. The number of methoxy groups -OCH3 is 1. The van der Waals surface area contributed by atoms with E-state index in [2.05, 4.69) is 16.0 Å². The van der Waals surface area contributed by atoms with Gasteiger partial charge in [0.2, 0.25) is 0 Å². The van der Waals surface area contributed by atoms with E-state index in [4.69, 9.17) is 11.2 Å². The quantitative estimate of drug-likeness (QED) is 0.578. The highest BCUT2D eigenvalue weighted by Crippen LogP contribution is 2.44. The van der Waals surface area contributed by atoms with Crippen molar-refractivity contribution in [2.75, 3.05) is 7.11 Å². The summed E-state index contributed by atoms with van der Waals surface area (Å²) in [6, 6.07) is 0. The van der Waals surface area contributed by atoms with Crippen molar-refractivity contribution in [2.45, 2.75) is 38.3 Å². The molecule has 1 aliphatic rings. The summed E-state index contributed by atoms with van der Waals surface area (Å²) < 4.78 is 9.71. The largest absolute Gasteiger partial charge is 0.467 e. The van der Waals surface area contributed by atoms with Gasteiger partial charge in [0.25, 0.3) is 0 Å². The summed E-state index contributed by atoms with van der Waals surface area (Å²) in [5.74, 6) is 1.58. The minimum atomic E-state index is -1.11. The Kier molecular flexibility index (Phi) is 3.37. The van der Waals surface area contributed by atoms with E-state index in [1.807, 2.05) is 0 Å². The van der Waals surface area contributed by atoms with Crippen molar-refractivity contribution in [1.82, 2.24) is 5.32 Å². The average molecular weight is 239 g/mol. The Labute approximate surface area is 101 Å². The van der Waals surface area contributed by atoms with E-state index in [1.165, 1.54) is 7.11 Å². The first-order valence-corrected chi connectivity index (χ1v) is 5.31. The number of amides is 1. The molecule has 17 heavy (non-hydrogen) atoms. The topological polar surface area (TPSA) is 64.6 Å². The predicted octanol–water partition coefficient (Wildman–Crippen LogP) is 1.08. The molecule has 0 bridgehead atoms. The first kappa shape index (κ1) is 13.4. The van der Waals surface area contributed by atoms with E-state index < -0.39 is 23.2 Å². The van der Waals surface area contributed by atoms with Crippen LogP contribution in [-0.2, 0) is 14.3 Å². The van der Waals surface area contributed by atoms with Crippen LogP contribution in [-0.4, -0.2) is 30.3 Å². The van der Waals surface area contributed by atoms with Gasteiger partial charge < -0.3 is 14.8 Å². The van der Waals surface area contributed by atoms with Gasteiger partial charge in [-0.05, 0) is 27.2 Å². The molecule has 1 fully saturated rings. The van der Waals surface area contributed by atoms with Crippen LogP contribution in [0.1, 0.15) is 27.2 Å². The summed E-state index contributed by atoms with van der Waals surface area (Å²) in [7, 11) is 1.26. The molecule has 94 valence electrons. The van der Waals surface area contributed by atoms with Crippen molar-refractivity contribution in [3.8, 4) is 12.3 Å². The zero-order valence-electron chi connectivity index (χ0n) is 10.5. The number of alkyl carbamates (subject to hydrolysis) is 1. The molecule has 1 amide bonds. The van der Waals surface area contributed by atoms with Crippen molar-refractivity contribution in [1.29, 1.82) is 0 Å². The second kappa shape index (κ2) is 4.28. The number of carbonyl (C=O) groups is 2. The van der Waals surface area contributed by atoms with E-state index in [0.29, 0.717) is 6.42 Å². The third-order valence-corrected chi connectivity index (χ3v) is 2.44. The van der Waals surface area contributed by atoms with Crippen LogP contribution in [0.25, 0.3) is 0 Å². The molecule has 0 aromatic rings. The minimum Gasteiger partial charge on any atom is -0.467 e. The van der Waals surface area contributed by atoms with Gasteiger partial charge in [0.05, 0.1) is 13.0 Å². The predicted molar refractivity (Wildman–Crippen MR) is 61.1 cm³/mol. The standard InChI is InChI=1S/C12H17NO4/c1-6-8-7-12(8,9(14)16-5)13-10(15)17-11(2,3)4/h1,8H,7H2,2-5H3,(H,13,15)/t8-,12-/m1/s1. The van der Waals surface area contributed by atoms with Gasteiger partial charge >= 0.3 is 12.1 Å². The van der Waals surface area contributed by atoms with Gasteiger partial charge in [0.1, 0.15) is 5.60 Å². The fourth-order valence-electron chi connectivity index (χ4n) is 1.55. The fourth-order valence-corrected chi connectivity index (χ4v) is 1.55. The first-order valence-electron chi connectivity index (χ1n) is 5.31. The lowest BCUT2D eigenvalue weighted by atomic mass is 10.2. The first-order chi connectivity index (χ1) is 7.75. The third kappa shape index (κ3) is 2.90. The highest BCUT2D eigenvalue weighted by atomic mass is 16.6. The van der Waals surface area contributed by atoms with E-state index in [9.17, 15) is 9.59 Å². The van der Waals surface area contributed by atoms with E-state index in [1.54, 1.807) is 20.8 Å². The van der Waals surface area contributed by atoms with E-state index >= 15 is 0 Å². The molecule has 5 heteroatoms. The zero-order valence-corrected chi connectivity index (χ0v) is 10.5. The molecule has 0 unspecified atom stereocenters. The summed E-state index contributed by atoms with van der Waals surface area (Å²) in [6.45, 7) is 5.22. The molecule has 0 aromatic heterocycles. The summed E-state index contributed by atoms with van der Waals surface area (Å²) in [5, 5.41) is 2.50. The summed E-state index contributed by atoms with van der Waals surface area (Å²) in [5.41, 5.74) is -1.73. The van der Waals surface area contributed by atoms with Gasteiger partial charge in [-0.2, -0.15) is 0 Å². The van der Waals surface area contributed by atoms with E-state index in [0.717, 1.165) is 0 Å². The van der Waals surface area contributed by atoms with Gasteiger partial charge in [-0.1, -0.05) is 0 Å². The number of carbonyl (C=O) groups excluding carboxylic acids is 2. The lowest BCUT2D eigenvalue weighted by molar-refractivity contribution is -0.144. The molecule has 0 aromatic carbocycles. The minimum absolute atomic E-state index is 0.331. The Morgan fingerprint density at radius 1 is 1.47 bits per heavy atom. The van der Waals surface area contributed by atoms with Crippen LogP contribution >= 0.6 is 0 Å². The Balaban J connectivity index is 2.69. The Morgan fingerprint density at radius 2 is 2.06 bits per heavy atom. The average Bonchev–Trinajstić information content (AvgIpc) is 2.88. The van der Waals surface area contributed by atoms with Crippen molar-refractivity contribution >= 4 is 12.1 Å². The molecule has 5 nitrogen and oxygen atoms in total. The number of terminal acetylenes is 1. The molecule has 0 saturated heterocycles. The molecular formula is C12H17NO4. The number of hydrogen-bond donors (Lipinski definition) is 1. The highest BCUT2D eigenvalue weighted by Gasteiger charge is 2.62. The lowest BCUT2D eigenvalue weighted by Crippen LogP contribution is -2.47. The molecule has 2 atom stereocenters. The van der Waals surface area contributed by atoms with Crippen molar-refractivity contribution in [3.63, 3.8) is 0 Å². The summed E-state index contributed by atoms with van der Waals surface area (Å²) in [4.78, 5) is 23.2. The van der Waals surface area contributed by atoms with Crippen molar-refractivity contribution in [3.05, 3.63) is 0 Å². The normalized spacial score (nSPS) is 26.6. The third-order valence-electron chi connectivity index (χ3n) is 2.44. The lowest BCUT2D eigenvalue weighted by Gasteiger charge is -2.22. The van der Waals surface area contributed by atoms with Crippen molar-refractivity contribution in [2.24, 2.45) is 5.92 Å². The van der Waals surface area contributed by atoms with Gasteiger partial charge in [0, 0.05) is 0 Å². The maximum atomic E-state index is 11.6. The molecule has 1 saturated carbocycles. The molecule has 0 radical (unpaired) electrons. The van der Waals surface area contributed by atoms with Crippen LogP contribution in [0.15, 0.2) is 0 Å². The maximum absolute atomic E-state index is 11.6. The Hall–Kier alpha value is -1.70. The Bertz CT molecular complexity index is 377. The molecule has 0 aliphatic heterocycles. The molecule has 1 rings (SSSR count). The molecule has 0 heterocycles. The van der Waals surface area contributed by atoms with Crippen LogP contribution in [0.5, 0.6) is 0 Å². The van der Waals surface area contributed by atoms with Crippen LogP contribution in [0.4, 0.5) is 4.79 Å². The maximum Gasteiger partial charge on any atom is 0.408 e. The highest BCUT2D eigenvalue weighted by molar-refractivity contribution is 5.90. The zero-order chi connectivity index (χ0) is 13.3. The van der Waals surface area contributed by atoms with Gasteiger partial charge in [-0.25, -0.2) is 9.59 Å². The second-order valence-corrected chi connectivity index (χ2v) is 5.01. The SMILES string of the molecule is C#C[C@@H]1C[C@]1(NC(=O)OC(C)(C)C)C(=O)OC. The number of esters is 1. The summed E-state index contributed by atoms with van der Waals surface area (Å²) >= 11 is 0. The monoisotopic (exact) mass is 239 g/mol. The second-order valence-electron chi connectivity index (χ2n) is 5.01.